The topological polar surface area (TPSA) is 64.6 Å². The number of benzene rings is 2. The molecule has 0 spiro atoms. The Morgan fingerprint density at radius 2 is 2.00 bits per heavy atom. The number of esters is 1. The number of nitrogens with one attached hydrogen (secondary N) is 1. The van der Waals surface area contributed by atoms with Crippen LogP contribution in [0, 0.1) is 6.92 Å². The van der Waals surface area contributed by atoms with Crippen LogP contribution in [0.4, 0.5) is 0 Å². The maximum Gasteiger partial charge on any atom is 0.331 e. The fourth-order valence-electron chi connectivity index (χ4n) is 2.14. The lowest BCUT2D eigenvalue weighted by Crippen LogP contribution is -2.28. The molecule has 1 N–H and O–H groups in total. The third-order valence-electron chi connectivity index (χ3n) is 3.52. The molecule has 0 heterocycles. The molecule has 2 rings (SSSR count). The second-order valence-electron chi connectivity index (χ2n) is 5.59. The minimum absolute atomic E-state index is 0.331. The summed E-state index contributed by atoms with van der Waals surface area (Å²) in [6.45, 7) is 1.98. The maximum absolute atomic E-state index is 11.8. The largest absolute Gasteiger partial charge is 0.497 e. The van der Waals surface area contributed by atoms with E-state index in [0.29, 0.717) is 6.54 Å². The van der Waals surface area contributed by atoms with E-state index in [-0.39, 0.29) is 12.5 Å². The molecule has 5 nitrogen and oxygen atoms in total. The van der Waals surface area contributed by atoms with Gasteiger partial charge in [-0.2, -0.15) is 0 Å². The first kappa shape index (κ1) is 19.7. The molecule has 0 bridgehead atoms. The third-order valence-corrected chi connectivity index (χ3v) is 4.21. The quantitative estimate of drug-likeness (QED) is 0.551. The fraction of sp³-hybridized carbons (Fsp3) is 0.200. The van der Waals surface area contributed by atoms with E-state index in [1.54, 1.807) is 13.2 Å². The SMILES string of the molecule is COc1cccc(CNC(=O)COC(=O)/C=C/c2ccc(C)cc2Br)c1. The number of carbonyl (C=O) groups is 2. The Morgan fingerprint density at radius 1 is 1.19 bits per heavy atom. The van der Waals surface area contributed by atoms with Crippen LogP contribution in [0.25, 0.3) is 6.08 Å². The molecule has 1 amide bonds. The molecule has 0 aromatic heterocycles. The van der Waals surface area contributed by atoms with Gasteiger partial charge in [-0.3, -0.25) is 4.79 Å². The standard InChI is InChI=1S/C20H20BrNO4/c1-14-6-7-16(18(21)10-14)8-9-20(24)26-13-19(23)22-12-15-4-3-5-17(11-15)25-2/h3-11H,12-13H2,1-2H3,(H,22,23)/b9-8+. The fourth-order valence-corrected chi connectivity index (χ4v) is 2.77. The highest BCUT2D eigenvalue weighted by atomic mass is 79.9. The van der Waals surface area contributed by atoms with Gasteiger partial charge in [0.05, 0.1) is 7.11 Å². The maximum atomic E-state index is 11.8. The molecule has 6 heteroatoms. The molecule has 0 saturated heterocycles. The Bertz CT molecular complexity index is 817. The molecule has 2 aromatic rings. The number of methoxy groups -OCH3 is 1. The highest BCUT2D eigenvalue weighted by Gasteiger charge is 2.06. The van der Waals surface area contributed by atoms with Gasteiger partial charge in [-0.1, -0.05) is 40.2 Å². The molecule has 0 saturated carbocycles. The Kier molecular flexibility index (Phi) is 7.41. The molecule has 0 atom stereocenters. The molecule has 136 valence electrons. The van der Waals surface area contributed by atoms with Crippen molar-refractivity contribution in [1.29, 1.82) is 0 Å². The van der Waals surface area contributed by atoms with Crippen molar-refractivity contribution < 1.29 is 19.1 Å². The first-order chi connectivity index (χ1) is 12.5. The third kappa shape index (κ3) is 6.37. The molecule has 26 heavy (non-hydrogen) atoms. The van der Waals surface area contributed by atoms with Crippen LogP contribution in [-0.2, 0) is 20.9 Å². The minimum Gasteiger partial charge on any atom is -0.497 e. The predicted molar refractivity (Wildman–Crippen MR) is 104 cm³/mol. The lowest BCUT2D eigenvalue weighted by Gasteiger charge is -2.07. The van der Waals surface area contributed by atoms with Gasteiger partial charge in [0.15, 0.2) is 6.61 Å². The number of rotatable bonds is 7. The van der Waals surface area contributed by atoms with Crippen molar-refractivity contribution >= 4 is 33.9 Å². The van der Waals surface area contributed by atoms with Gasteiger partial charge in [-0.05, 0) is 47.9 Å². The molecule has 0 radical (unpaired) electrons. The molecular formula is C20H20BrNO4. The summed E-state index contributed by atoms with van der Waals surface area (Å²) in [7, 11) is 1.58. The summed E-state index contributed by atoms with van der Waals surface area (Å²) in [5.74, 6) is -0.226. The van der Waals surface area contributed by atoms with E-state index in [9.17, 15) is 9.59 Å². The average Bonchev–Trinajstić information content (AvgIpc) is 2.64. The summed E-state index contributed by atoms with van der Waals surface area (Å²) < 4.78 is 11.0. The van der Waals surface area contributed by atoms with Gasteiger partial charge in [0.25, 0.3) is 5.91 Å². The lowest BCUT2D eigenvalue weighted by molar-refractivity contribution is -0.143. The molecule has 0 aliphatic heterocycles. The molecule has 2 aromatic carbocycles. The van der Waals surface area contributed by atoms with Crippen LogP contribution >= 0.6 is 15.9 Å². The Labute approximate surface area is 161 Å². The van der Waals surface area contributed by atoms with E-state index >= 15 is 0 Å². The normalized spacial score (nSPS) is 10.6. The van der Waals surface area contributed by atoms with Crippen LogP contribution in [0.2, 0.25) is 0 Å². The lowest BCUT2D eigenvalue weighted by atomic mass is 10.1. The molecule has 0 aliphatic rings. The van der Waals surface area contributed by atoms with Crippen molar-refractivity contribution in [3.63, 3.8) is 0 Å². The zero-order valence-electron chi connectivity index (χ0n) is 14.6. The number of aryl methyl sites for hydroxylation is 1. The predicted octanol–water partition coefficient (Wildman–Crippen LogP) is 3.64. The second-order valence-corrected chi connectivity index (χ2v) is 6.45. The molecule has 0 fully saturated rings. The van der Waals surface area contributed by atoms with E-state index in [1.165, 1.54) is 6.08 Å². The van der Waals surface area contributed by atoms with E-state index in [0.717, 1.165) is 26.9 Å². The second kappa shape index (κ2) is 9.77. The summed E-state index contributed by atoms with van der Waals surface area (Å²) in [6, 6.07) is 13.2. The van der Waals surface area contributed by atoms with Crippen molar-refractivity contribution in [2.75, 3.05) is 13.7 Å². The summed E-state index contributed by atoms with van der Waals surface area (Å²) in [6.07, 6.45) is 2.94. The highest BCUT2D eigenvalue weighted by Crippen LogP contribution is 2.19. The molecule has 0 unspecified atom stereocenters. The van der Waals surface area contributed by atoms with E-state index in [4.69, 9.17) is 9.47 Å². The van der Waals surface area contributed by atoms with Crippen LogP contribution in [0.5, 0.6) is 5.75 Å². The monoisotopic (exact) mass is 417 g/mol. The molecule has 0 aliphatic carbocycles. The number of hydrogen-bond donors (Lipinski definition) is 1. The zero-order chi connectivity index (χ0) is 18.9. The van der Waals surface area contributed by atoms with Crippen LogP contribution in [0.1, 0.15) is 16.7 Å². The number of carbonyl (C=O) groups excluding carboxylic acids is 2. The number of halogens is 1. The average molecular weight is 418 g/mol. The highest BCUT2D eigenvalue weighted by molar-refractivity contribution is 9.10. The van der Waals surface area contributed by atoms with Gasteiger partial charge in [0.2, 0.25) is 0 Å². The van der Waals surface area contributed by atoms with Crippen LogP contribution < -0.4 is 10.1 Å². The van der Waals surface area contributed by atoms with Crippen LogP contribution in [0.3, 0.4) is 0 Å². The van der Waals surface area contributed by atoms with Gasteiger partial charge in [0, 0.05) is 17.1 Å². The summed E-state index contributed by atoms with van der Waals surface area (Å²) in [5, 5.41) is 2.69. The summed E-state index contributed by atoms with van der Waals surface area (Å²) in [5.41, 5.74) is 2.87. The first-order valence-corrected chi connectivity index (χ1v) is 8.78. The smallest absolute Gasteiger partial charge is 0.331 e. The van der Waals surface area contributed by atoms with Crippen molar-refractivity contribution in [3.8, 4) is 5.75 Å². The van der Waals surface area contributed by atoms with Gasteiger partial charge >= 0.3 is 5.97 Å². The van der Waals surface area contributed by atoms with Crippen molar-refractivity contribution in [2.45, 2.75) is 13.5 Å². The number of ether oxygens (including phenoxy) is 2. The van der Waals surface area contributed by atoms with E-state index in [1.807, 2.05) is 49.4 Å². The molecular weight excluding hydrogens is 398 g/mol. The van der Waals surface area contributed by atoms with E-state index in [2.05, 4.69) is 21.2 Å². The Morgan fingerprint density at radius 3 is 2.73 bits per heavy atom. The Hall–Kier alpha value is -2.60. The van der Waals surface area contributed by atoms with Crippen molar-refractivity contribution in [3.05, 3.63) is 69.7 Å². The van der Waals surface area contributed by atoms with Gasteiger partial charge in [-0.15, -0.1) is 0 Å². The van der Waals surface area contributed by atoms with Gasteiger partial charge in [-0.25, -0.2) is 4.79 Å². The number of amides is 1. The van der Waals surface area contributed by atoms with Crippen molar-refractivity contribution in [2.24, 2.45) is 0 Å². The minimum atomic E-state index is -0.575. The van der Waals surface area contributed by atoms with Gasteiger partial charge < -0.3 is 14.8 Å². The van der Waals surface area contributed by atoms with Crippen LogP contribution in [-0.4, -0.2) is 25.6 Å². The van der Waals surface area contributed by atoms with Crippen molar-refractivity contribution in [1.82, 2.24) is 5.32 Å². The number of hydrogen-bond acceptors (Lipinski definition) is 4. The summed E-state index contributed by atoms with van der Waals surface area (Å²) >= 11 is 3.44. The zero-order valence-corrected chi connectivity index (χ0v) is 16.2. The Balaban J connectivity index is 1.77. The van der Waals surface area contributed by atoms with E-state index < -0.39 is 5.97 Å². The van der Waals surface area contributed by atoms with Crippen LogP contribution in [0.15, 0.2) is 53.0 Å². The summed E-state index contributed by atoms with van der Waals surface area (Å²) in [4.78, 5) is 23.5. The van der Waals surface area contributed by atoms with Gasteiger partial charge in [0.1, 0.15) is 5.75 Å². The first-order valence-electron chi connectivity index (χ1n) is 7.98.